The lowest BCUT2D eigenvalue weighted by Gasteiger charge is -2.53. The lowest BCUT2D eigenvalue weighted by atomic mass is 9.45. The van der Waals surface area contributed by atoms with E-state index >= 15 is 0 Å². The Labute approximate surface area is 235 Å². The molecule has 2 saturated heterocycles. The van der Waals surface area contributed by atoms with E-state index in [1.165, 1.54) is 9.80 Å². The molecule has 1 saturated carbocycles. The first-order valence-corrected chi connectivity index (χ1v) is 13.9. The average molecular weight is 632 g/mol. The maximum atomic E-state index is 14.2. The smallest absolute Gasteiger partial charge is 0.238 e. The minimum atomic E-state index is -1.13. The molecule has 188 valence electrons. The van der Waals surface area contributed by atoms with Crippen molar-refractivity contribution in [2.75, 3.05) is 9.80 Å². The molecule has 6 nitrogen and oxygen atoms in total. The van der Waals surface area contributed by atoms with Crippen molar-refractivity contribution in [3.05, 3.63) is 106 Å². The monoisotopic (exact) mass is 630 g/mol. The van der Waals surface area contributed by atoms with Gasteiger partial charge in [0.1, 0.15) is 0 Å². The van der Waals surface area contributed by atoms with E-state index in [9.17, 15) is 19.2 Å². The molecule has 2 aliphatic heterocycles. The average Bonchev–Trinajstić information content (AvgIpc) is 3.37. The lowest BCUT2D eigenvalue weighted by molar-refractivity contribution is -0.140. The van der Waals surface area contributed by atoms with E-state index in [-0.39, 0.29) is 23.6 Å². The molecule has 2 unspecified atom stereocenters. The molecular formula is C30H20Br2N2O4. The van der Waals surface area contributed by atoms with Crippen LogP contribution < -0.4 is 9.80 Å². The number of imide groups is 2. The molecule has 6 atom stereocenters. The lowest BCUT2D eigenvalue weighted by Crippen LogP contribution is -2.60. The minimum absolute atomic E-state index is 0.322. The zero-order valence-electron chi connectivity index (χ0n) is 19.8. The second-order valence-electron chi connectivity index (χ2n) is 10.2. The highest BCUT2D eigenvalue weighted by molar-refractivity contribution is 9.10. The summed E-state index contributed by atoms with van der Waals surface area (Å²) in [5.41, 5.74) is 0.607. The van der Waals surface area contributed by atoms with Crippen molar-refractivity contribution in [1.29, 1.82) is 0 Å². The van der Waals surface area contributed by atoms with Crippen LogP contribution in [0.25, 0.3) is 0 Å². The number of carbonyl (C=O) groups is 4. The molecule has 8 rings (SSSR count). The number of benzene rings is 3. The van der Waals surface area contributed by atoms with E-state index in [4.69, 9.17) is 0 Å². The van der Waals surface area contributed by atoms with Crippen LogP contribution in [0, 0.1) is 29.6 Å². The van der Waals surface area contributed by atoms with Crippen LogP contribution >= 0.6 is 31.9 Å². The van der Waals surface area contributed by atoms with E-state index in [1.807, 2.05) is 42.5 Å². The number of allylic oxidation sites excluding steroid dienone is 2. The molecule has 3 aliphatic carbocycles. The predicted octanol–water partition coefficient (Wildman–Crippen LogP) is 5.26. The normalized spacial score (nSPS) is 31.3. The summed E-state index contributed by atoms with van der Waals surface area (Å²) in [5, 5.41) is 0. The molecule has 5 aliphatic rings. The summed E-state index contributed by atoms with van der Waals surface area (Å²) < 4.78 is 1.66. The van der Waals surface area contributed by atoms with Gasteiger partial charge in [0.25, 0.3) is 0 Å². The molecule has 0 aromatic heterocycles. The van der Waals surface area contributed by atoms with E-state index in [0.29, 0.717) is 11.4 Å². The highest BCUT2D eigenvalue weighted by atomic mass is 79.9. The van der Waals surface area contributed by atoms with Crippen LogP contribution in [0.4, 0.5) is 11.4 Å². The maximum absolute atomic E-state index is 14.2. The number of hydrogen-bond acceptors (Lipinski definition) is 4. The number of carbonyl (C=O) groups excluding carboxylic acids is 4. The topological polar surface area (TPSA) is 74.8 Å². The van der Waals surface area contributed by atoms with Crippen molar-refractivity contribution in [3.8, 4) is 0 Å². The fraction of sp³-hybridized carbons (Fsp3) is 0.200. The number of nitrogens with zero attached hydrogens (tertiary/aromatic N) is 2. The maximum Gasteiger partial charge on any atom is 0.238 e. The Morgan fingerprint density at radius 2 is 1.03 bits per heavy atom. The van der Waals surface area contributed by atoms with Crippen LogP contribution in [0.2, 0.25) is 0 Å². The summed E-state index contributed by atoms with van der Waals surface area (Å²) in [4.78, 5) is 59.0. The summed E-state index contributed by atoms with van der Waals surface area (Å²) in [6.45, 7) is 0. The molecule has 0 radical (unpaired) electrons. The Morgan fingerprint density at radius 3 is 1.47 bits per heavy atom. The van der Waals surface area contributed by atoms with E-state index in [0.717, 1.165) is 14.5 Å². The molecule has 4 amide bonds. The zero-order chi connectivity index (χ0) is 26.3. The fourth-order valence-electron chi connectivity index (χ4n) is 7.17. The van der Waals surface area contributed by atoms with Crippen LogP contribution in [0.5, 0.6) is 0 Å². The molecule has 3 aromatic rings. The minimum Gasteiger partial charge on any atom is -0.274 e. The SMILES string of the molecule is O=C1[C@@H]2C3C=CC(c4ccccc4)([C@@H]2C(=O)N1c1ccc(Br)cc1)[C@H]1C(=O)N(c2ccc(Br)cc2)C(=O)[C@@H]31. The standard InChI is InChI=1S/C30H20Br2N2O4/c31-17-6-10-19(11-7-17)33-26(35)22-21-14-15-30(24(22)28(33)37,16-4-2-1-3-5-16)25-23(21)27(36)34(29(25)38)20-12-8-18(32)9-13-20/h1-15,21-25H/t21?,22-,23+,24+,25-,30?. The van der Waals surface area contributed by atoms with Gasteiger partial charge in [-0.05, 0) is 54.1 Å². The Kier molecular flexibility index (Phi) is 5.20. The van der Waals surface area contributed by atoms with E-state index < -0.39 is 35.0 Å². The van der Waals surface area contributed by atoms with Gasteiger partial charge in [-0.15, -0.1) is 0 Å². The van der Waals surface area contributed by atoms with Crippen LogP contribution in [0.15, 0.2) is 100.0 Å². The quantitative estimate of drug-likeness (QED) is 0.292. The number of rotatable bonds is 3. The molecule has 38 heavy (non-hydrogen) atoms. The third kappa shape index (κ3) is 2.98. The van der Waals surface area contributed by atoms with Gasteiger partial charge in [-0.2, -0.15) is 0 Å². The van der Waals surface area contributed by atoms with Crippen LogP contribution in [0.1, 0.15) is 5.56 Å². The molecule has 3 fully saturated rings. The van der Waals surface area contributed by atoms with Crippen molar-refractivity contribution < 1.29 is 19.2 Å². The molecular weight excluding hydrogens is 612 g/mol. The summed E-state index contributed by atoms with van der Waals surface area (Å²) >= 11 is 6.82. The summed E-state index contributed by atoms with van der Waals surface area (Å²) in [5.74, 6) is -4.92. The zero-order valence-corrected chi connectivity index (χ0v) is 23.0. The van der Waals surface area contributed by atoms with Gasteiger partial charge in [0.05, 0.1) is 35.0 Å². The highest BCUT2D eigenvalue weighted by Crippen LogP contribution is 2.65. The second kappa shape index (κ2) is 8.32. The van der Waals surface area contributed by atoms with E-state index in [1.54, 1.807) is 48.5 Å². The second-order valence-corrected chi connectivity index (χ2v) is 12.1. The first kappa shape index (κ1) is 23.7. The first-order chi connectivity index (χ1) is 18.3. The van der Waals surface area contributed by atoms with Gasteiger partial charge in [-0.25, -0.2) is 9.80 Å². The summed E-state index contributed by atoms with van der Waals surface area (Å²) in [7, 11) is 0. The van der Waals surface area contributed by atoms with Gasteiger partial charge in [0.15, 0.2) is 0 Å². The van der Waals surface area contributed by atoms with Crippen molar-refractivity contribution in [2.45, 2.75) is 5.41 Å². The van der Waals surface area contributed by atoms with Crippen LogP contribution in [0.3, 0.4) is 0 Å². The van der Waals surface area contributed by atoms with Crippen molar-refractivity contribution in [1.82, 2.24) is 0 Å². The Balaban J connectivity index is 1.42. The van der Waals surface area contributed by atoms with Gasteiger partial charge in [0.2, 0.25) is 23.6 Å². The number of anilines is 2. The predicted molar refractivity (Wildman–Crippen MR) is 148 cm³/mol. The first-order valence-electron chi connectivity index (χ1n) is 12.4. The molecule has 0 N–H and O–H groups in total. The van der Waals surface area contributed by atoms with Gasteiger partial charge < -0.3 is 0 Å². The number of hydrogen-bond donors (Lipinski definition) is 0. The molecule has 2 heterocycles. The molecule has 3 aromatic carbocycles. The Bertz CT molecular complexity index is 1460. The van der Waals surface area contributed by atoms with Crippen molar-refractivity contribution in [3.63, 3.8) is 0 Å². The van der Waals surface area contributed by atoms with Crippen molar-refractivity contribution >= 4 is 66.9 Å². The van der Waals surface area contributed by atoms with Gasteiger partial charge in [-0.1, -0.05) is 74.3 Å². The Morgan fingerprint density at radius 1 is 0.579 bits per heavy atom. The highest BCUT2D eigenvalue weighted by Gasteiger charge is 2.75. The van der Waals surface area contributed by atoms with Gasteiger partial charge >= 0.3 is 0 Å². The van der Waals surface area contributed by atoms with Gasteiger partial charge in [-0.3, -0.25) is 19.2 Å². The molecule has 0 spiro atoms. The number of amides is 4. The van der Waals surface area contributed by atoms with E-state index in [2.05, 4.69) is 31.9 Å². The Hall–Kier alpha value is -3.36. The fourth-order valence-corrected chi connectivity index (χ4v) is 7.70. The number of halogens is 2. The summed E-state index contributed by atoms with van der Waals surface area (Å²) in [6, 6.07) is 23.5. The van der Waals surface area contributed by atoms with Crippen molar-refractivity contribution in [2.24, 2.45) is 29.6 Å². The van der Waals surface area contributed by atoms with Crippen LogP contribution in [-0.2, 0) is 24.6 Å². The largest absolute Gasteiger partial charge is 0.274 e. The third-order valence-electron chi connectivity index (χ3n) is 8.60. The molecule has 8 heteroatoms. The third-order valence-corrected chi connectivity index (χ3v) is 9.66. The van der Waals surface area contributed by atoms with Crippen LogP contribution in [-0.4, -0.2) is 23.6 Å². The molecule has 2 bridgehead atoms. The summed E-state index contributed by atoms with van der Waals surface area (Å²) in [6.07, 6.45) is 3.84. The van der Waals surface area contributed by atoms with Gasteiger partial charge in [0, 0.05) is 20.3 Å².